The number of ether oxygens (including phenoxy) is 1. The summed E-state index contributed by atoms with van der Waals surface area (Å²) in [4.78, 5) is 0. The number of rotatable bonds is 4. The van der Waals surface area contributed by atoms with Gasteiger partial charge in [-0.05, 0) is 30.7 Å². The molecule has 1 aromatic carbocycles. The van der Waals surface area contributed by atoms with Crippen LogP contribution in [0.5, 0.6) is 5.75 Å². The molecule has 0 bridgehead atoms. The Kier molecular flexibility index (Phi) is 4.15. The molecule has 0 aliphatic rings. The van der Waals surface area contributed by atoms with E-state index in [1.165, 1.54) is 19.1 Å². The molecule has 0 saturated heterocycles. The van der Waals surface area contributed by atoms with Crippen molar-refractivity contribution in [3.8, 4) is 5.75 Å². The van der Waals surface area contributed by atoms with E-state index in [1.807, 2.05) is 0 Å². The van der Waals surface area contributed by atoms with Crippen LogP contribution in [-0.2, 0) is 0 Å². The molecule has 3 N–H and O–H groups in total. The van der Waals surface area contributed by atoms with Gasteiger partial charge in [0.1, 0.15) is 29.9 Å². The van der Waals surface area contributed by atoms with E-state index in [-0.39, 0.29) is 11.3 Å². The third-order valence-electron chi connectivity index (χ3n) is 2.32. The minimum absolute atomic E-state index is 0.101. The zero-order valence-corrected chi connectivity index (χ0v) is 9.51. The van der Waals surface area contributed by atoms with Gasteiger partial charge in [0.15, 0.2) is 0 Å². The lowest BCUT2D eigenvalue weighted by atomic mass is 10.1. The number of hydrogen-bond donors (Lipinski definition) is 2. The Bertz CT molecular complexity index is 445. The third kappa shape index (κ3) is 3.61. The lowest BCUT2D eigenvalue weighted by molar-refractivity contribution is -0.162. The molecule has 0 fully saturated rings. The van der Waals surface area contributed by atoms with Crippen molar-refractivity contribution in [2.75, 3.05) is 6.61 Å². The Morgan fingerprint density at radius 3 is 2.50 bits per heavy atom. The molecule has 1 aromatic rings. The van der Waals surface area contributed by atoms with Crippen molar-refractivity contribution in [1.82, 2.24) is 0 Å². The second-order valence-electron chi connectivity index (χ2n) is 3.77. The van der Waals surface area contributed by atoms with Gasteiger partial charge < -0.3 is 10.5 Å². The molecule has 1 atom stereocenters. The van der Waals surface area contributed by atoms with E-state index < -0.39 is 30.4 Å². The van der Waals surface area contributed by atoms with Crippen molar-refractivity contribution in [2.24, 2.45) is 11.7 Å². The molecule has 0 saturated carbocycles. The highest BCUT2D eigenvalue weighted by Crippen LogP contribution is 2.27. The molecule has 18 heavy (non-hydrogen) atoms. The smallest absolute Gasteiger partial charge is 0.401 e. The van der Waals surface area contributed by atoms with Crippen LogP contribution in [0, 0.1) is 24.1 Å². The number of nitrogens with one attached hydrogen (secondary N) is 1. The van der Waals surface area contributed by atoms with E-state index >= 15 is 0 Å². The van der Waals surface area contributed by atoms with Crippen molar-refractivity contribution in [1.29, 1.82) is 5.41 Å². The molecule has 7 heteroatoms. The van der Waals surface area contributed by atoms with E-state index in [1.54, 1.807) is 0 Å². The number of alkyl halides is 3. The van der Waals surface area contributed by atoms with Gasteiger partial charge in [0.2, 0.25) is 0 Å². The van der Waals surface area contributed by atoms with Gasteiger partial charge in [-0.1, -0.05) is 0 Å². The summed E-state index contributed by atoms with van der Waals surface area (Å²) in [6, 6.07) is 3.60. The average molecular weight is 264 g/mol. The number of amidine groups is 1. The van der Waals surface area contributed by atoms with Gasteiger partial charge in [-0.2, -0.15) is 13.2 Å². The Morgan fingerprint density at radius 1 is 1.44 bits per heavy atom. The quantitative estimate of drug-likeness (QED) is 0.499. The SMILES string of the molecule is Cc1cc(OCC(C(=N)N)C(F)(F)F)ccc1F. The van der Waals surface area contributed by atoms with Crippen molar-refractivity contribution >= 4 is 5.84 Å². The molecule has 0 aliphatic heterocycles. The maximum absolute atomic E-state index is 12.9. The third-order valence-corrected chi connectivity index (χ3v) is 2.32. The summed E-state index contributed by atoms with van der Waals surface area (Å²) in [5.41, 5.74) is 5.13. The van der Waals surface area contributed by atoms with E-state index in [9.17, 15) is 17.6 Å². The Hall–Kier alpha value is -1.79. The summed E-state index contributed by atoms with van der Waals surface area (Å²) in [7, 11) is 0. The first-order chi connectivity index (χ1) is 8.21. The standard InChI is InChI=1S/C11H12F4N2O/c1-6-4-7(2-3-9(6)12)18-5-8(10(16)17)11(13,14)15/h2-4,8H,5H2,1H3,(H3,16,17). The Morgan fingerprint density at radius 2 is 2.06 bits per heavy atom. The minimum Gasteiger partial charge on any atom is -0.492 e. The maximum atomic E-state index is 12.9. The molecule has 0 heterocycles. The molecule has 1 rings (SSSR count). The first-order valence-electron chi connectivity index (χ1n) is 5.01. The van der Waals surface area contributed by atoms with Gasteiger partial charge in [0, 0.05) is 0 Å². The monoisotopic (exact) mass is 264 g/mol. The zero-order valence-electron chi connectivity index (χ0n) is 9.51. The largest absolute Gasteiger partial charge is 0.492 e. The van der Waals surface area contributed by atoms with Crippen molar-refractivity contribution in [3.63, 3.8) is 0 Å². The van der Waals surface area contributed by atoms with Crippen LogP contribution < -0.4 is 10.5 Å². The highest BCUT2D eigenvalue weighted by atomic mass is 19.4. The second kappa shape index (κ2) is 5.24. The molecule has 3 nitrogen and oxygen atoms in total. The lowest BCUT2D eigenvalue weighted by Gasteiger charge is -2.19. The minimum atomic E-state index is -4.64. The van der Waals surface area contributed by atoms with E-state index in [0.717, 1.165) is 6.07 Å². The van der Waals surface area contributed by atoms with Gasteiger partial charge in [0.05, 0.1) is 0 Å². The van der Waals surface area contributed by atoms with Crippen LogP contribution in [0.4, 0.5) is 17.6 Å². The summed E-state index contributed by atoms with van der Waals surface area (Å²) in [5, 5.41) is 6.87. The highest BCUT2D eigenvalue weighted by molar-refractivity contribution is 5.80. The first-order valence-corrected chi connectivity index (χ1v) is 5.01. The highest BCUT2D eigenvalue weighted by Gasteiger charge is 2.42. The molecule has 1 unspecified atom stereocenters. The number of hydrogen-bond acceptors (Lipinski definition) is 2. The number of halogens is 4. The molecule has 0 amide bonds. The topological polar surface area (TPSA) is 59.1 Å². The van der Waals surface area contributed by atoms with Crippen molar-refractivity contribution in [3.05, 3.63) is 29.6 Å². The van der Waals surface area contributed by atoms with Crippen LogP contribution >= 0.6 is 0 Å². The summed E-state index contributed by atoms with van der Waals surface area (Å²) < 4.78 is 55.2. The second-order valence-corrected chi connectivity index (χ2v) is 3.77. The lowest BCUT2D eigenvalue weighted by Crippen LogP contribution is -2.39. The van der Waals surface area contributed by atoms with Crippen LogP contribution in [0.3, 0.4) is 0 Å². The Balaban J connectivity index is 2.73. The van der Waals surface area contributed by atoms with Gasteiger partial charge in [-0.15, -0.1) is 0 Å². The summed E-state index contributed by atoms with van der Waals surface area (Å²) in [5.74, 6) is -3.55. The zero-order chi connectivity index (χ0) is 13.9. The fourth-order valence-electron chi connectivity index (χ4n) is 1.25. The molecular formula is C11H12F4N2O. The number of nitrogens with two attached hydrogens (primary N) is 1. The first kappa shape index (κ1) is 14.3. The molecular weight excluding hydrogens is 252 g/mol. The molecule has 100 valence electrons. The van der Waals surface area contributed by atoms with E-state index in [4.69, 9.17) is 15.9 Å². The Labute approximate surface area is 101 Å². The maximum Gasteiger partial charge on any atom is 0.401 e. The van der Waals surface area contributed by atoms with Gasteiger partial charge in [-0.25, -0.2) is 4.39 Å². The van der Waals surface area contributed by atoms with Crippen LogP contribution in [-0.4, -0.2) is 18.6 Å². The molecule has 0 aliphatic carbocycles. The van der Waals surface area contributed by atoms with Gasteiger partial charge >= 0.3 is 6.18 Å². The van der Waals surface area contributed by atoms with Crippen molar-refractivity contribution < 1.29 is 22.3 Å². The fourth-order valence-corrected chi connectivity index (χ4v) is 1.25. The predicted octanol–water partition coefficient (Wildman–Crippen LogP) is 2.63. The van der Waals surface area contributed by atoms with Crippen LogP contribution in [0.2, 0.25) is 0 Å². The van der Waals surface area contributed by atoms with Gasteiger partial charge in [0.25, 0.3) is 0 Å². The summed E-state index contributed by atoms with van der Waals surface area (Å²) in [6.07, 6.45) is -4.64. The predicted molar refractivity (Wildman–Crippen MR) is 58.1 cm³/mol. The number of benzene rings is 1. The summed E-state index contributed by atoms with van der Waals surface area (Å²) >= 11 is 0. The van der Waals surface area contributed by atoms with Crippen LogP contribution in [0.25, 0.3) is 0 Å². The number of aryl methyl sites for hydroxylation is 1. The average Bonchev–Trinajstić information content (AvgIpc) is 2.21. The molecule has 0 aromatic heterocycles. The van der Waals surface area contributed by atoms with E-state index in [2.05, 4.69) is 0 Å². The fraction of sp³-hybridized carbons (Fsp3) is 0.364. The molecule has 0 radical (unpaired) electrons. The molecule has 0 spiro atoms. The van der Waals surface area contributed by atoms with Gasteiger partial charge in [-0.3, -0.25) is 5.41 Å². The van der Waals surface area contributed by atoms with Crippen LogP contribution in [0.15, 0.2) is 18.2 Å². The summed E-state index contributed by atoms with van der Waals surface area (Å²) in [6.45, 7) is 0.665. The van der Waals surface area contributed by atoms with E-state index in [0.29, 0.717) is 0 Å². The van der Waals surface area contributed by atoms with Crippen molar-refractivity contribution in [2.45, 2.75) is 13.1 Å². The van der Waals surface area contributed by atoms with Crippen LogP contribution in [0.1, 0.15) is 5.56 Å². The normalized spacial score (nSPS) is 13.2.